The van der Waals surface area contributed by atoms with Crippen LogP contribution in [-0.2, 0) is 12.8 Å². The van der Waals surface area contributed by atoms with Crippen LogP contribution in [0.25, 0.3) is 11.3 Å². The normalized spacial score (nSPS) is 11.1. The second-order valence-electron chi connectivity index (χ2n) is 6.38. The molecule has 0 atom stereocenters. The summed E-state index contributed by atoms with van der Waals surface area (Å²) in [6.07, 6.45) is 5.76. The van der Waals surface area contributed by atoms with Crippen molar-refractivity contribution in [3.05, 3.63) is 85.4 Å². The molecule has 28 heavy (non-hydrogen) atoms. The lowest BCUT2D eigenvalue weighted by atomic mass is 10.1. The summed E-state index contributed by atoms with van der Waals surface area (Å²) in [5.41, 5.74) is 2.66. The molecule has 0 spiro atoms. The van der Waals surface area contributed by atoms with E-state index in [1.54, 1.807) is 24.4 Å². The number of carbonyl (C=O) groups is 1. The van der Waals surface area contributed by atoms with Crippen molar-refractivity contribution < 1.29 is 9.21 Å². The van der Waals surface area contributed by atoms with E-state index >= 15 is 0 Å². The Morgan fingerprint density at radius 3 is 2.86 bits per heavy atom. The lowest BCUT2D eigenvalue weighted by Crippen LogP contribution is -2.17. The molecule has 0 aliphatic heterocycles. The Morgan fingerprint density at radius 1 is 1.29 bits per heavy atom. The molecule has 4 heterocycles. The summed E-state index contributed by atoms with van der Waals surface area (Å²) in [4.78, 5) is 28.9. The molecule has 1 N–H and O–H groups in total. The standard InChI is InChI=1S/C20H16ClN3O3S/c1-12-8-16(19(25)22-10-12)17-9-14(2-3-15-4-5-18(21)28-15)24(23-17)20(26)13-6-7-27-11-13/h4-11H,2-3H2,1H3,(H,22,25). The van der Waals surface area contributed by atoms with Crippen molar-refractivity contribution in [3.63, 3.8) is 0 Å². The largest absolute Gasteiger partial charge is 0.472 e. The number of thiophene rings is 1. The van der Waals surface area contributed by atoms with Gasteiger partial charge in [0.1, 0.15) is 6.26 Å². The van der Waals surface area contributed by atoms with Crippen LogP contribution in [0, 0.1) is 6.92 Å². The number of hydrogen-bond acceptors (Lipinski definition) is 5. The molecule has 142 valence electrons. The highest BCUT2D eigenvalue weighted by atomic mass is 35.5. The van der Waals surface area contributed by atoms with Crippen LogP contribution in [0.4, 0.5) is 0 Å². The van der Waals surface area contributed by atoms with Crippen molar-refractivity contribution in [2.45, 2.75) is 19.8 Å². The number of halogens is 1. The van der Waals surface area contributed by atoms with E-state index in [2.05, 4.69) is 10.1 Å². The van der Waals surface area contributed by atoms with E-state index in [0.29, 0.717) is 35.4 Å². The van der Waals surface area contributed by atoms with Crippen molar-refractivity contribution in [1.82, 2.24) is 14.8 Å². The van der Waals surface area contributed by atoms with Gasteiger partial charge in [-0.2, -0.15) is 5.10 Å². The predicted octanol–water partition coefficient (Wildman–Crippen LogP) is 4.33. The number of nitrogens with one attached hydrogen (secondary N) is 1. The Kier molecular flexibility index (Phi) is 5.02. The summed E-state index contributed by atoms with van der Waals surface area (Å²) in [6, 6.07) is 8.96. The van der Waals surface area contributed by atoms with Gasteiger partial charge in [0, 0.05) is 16.8 Å². The maximum absolute atomic E-state index is 12.9. The number of H-pyrrole nitrogens is 1. The van der Waals surface area contributed by atoms with Gasteiger partial charge in [-0.25, -0.2) is 4.68 Å². The molecule has 0 aliphatic rings. The zero-order valence-electron chi connectivity index (χ0n) is 14.9. The number of aryl methyl sites for hydroxylation is 3. The minimum absolute atomic E-state index is 0.248. The SMILES string of the molecule is Cc1c[nH]c(=O)c(-c2cc(CCc3ccc(Cl)s3)n(C(=O)c3ccoc3)n2)c1. The molecule has 0 bridgehead atoms. The summed E-state index contributed by atoms with van der Waals surface area (Å²) in [5, 5.41) is 4.44. The Labute approximate surface area is 169 Å². The van der Waals surface area contributed by atoms with Gasteiger partial charge < -0.3 is 9.40 Å². The number of aromatic amines is 1. The van der Waals surface area contributed by atoms with Crippen molar-refractivity contribution >= 4 is 28.8 Å². The lowest BCUT2D eigenvalue weighted by molar-refractivity contribution is 0.0941. The number of aromatic nitrogens is 3. The zero-order valence-corrected chi connectivity index (χ0v) is 16.5. The van der Waals surface area contributed by atoms with Crippen molar-refractivity contribution in [3.8, 4) is 11.3 Å². The molecule has 4 rings (SSSR count). The first kappa shape index (κ1) is 18.5. The molecule has 0 aliphatic carbocycles. The van der Waals surface area contributed by atoms with E-state index in [1.165, 1.54) is 28.5 Å². The third-order valence-electron chi connectivity index (χ3n) is 4.32. The van der Waals surface area contributed by atoms with E-state index in [9.17, 15) is 9.59 Å². The highest BCUT2D eigenvalue weighted by molar-refractivity contribution is 7.16. The summed E-state index contributed by atoms with van der Waals surface area (Å²) < 4.78 is 7.10. The summed E-state index contributed by atoms with van der Waals surface area (Å²) in [5.74, 6) is -0.303. The third-order valence-corrected chi connectivity index (χ3v) is 5.61. The van der Waals surface area contributed by atoms with Crippen LogP contribution >= 0.6 is 22.9 Å². The van der Waals surface area contributed by atoms with E-state index < -0.39 is 0 Å². The van der Waals surface area contributed by atoms with Gasteiger partial charge in [0.25, 0.3) is 11.5 Å². The van der Waals surface area contributed by atoms with Crippen molar-refractivity contribution in [2.75, 3.05) is 0 Å². The van der Waals surface area contributed by atoms with Crippen LogP contribution in [-0.4, -0.2) is 20.7 Å². The Balaban J connectivity index is 1.73. The molecular formula is C20H16ClN3O3S. The molecule has 4 aromatic rings. The number of hydrogen-bond donors (Lipinski definition) is 1. The Morgan fingerprint density at radius 2 is 2.14 bits per heavy atom. The van der Waals surface area contributed by atoms with Gasteiger partial charge in [-0.3, -0.25) is 9.59 Å². The summed E-state index contributed by atoms with van der Waals surface area (Å²) in [6.45, 7) is 1.88. The first-order valence-corrected chi connectivity index (χ1v) is 9.80. The number of nitrogens with zero attached hydrogens (tertiary/aromatic N) is 2. The second-order valence-corrected chi connectivity index (χ2v) is 8.18. The maximum Gasteiger partial charge on any atom is 0.281 e. The van der Waals surface area contributed by atoms with Gasteiger partial charge in [-0.1, -0.05) is 11.6 Å². The maximum atomic E-state index is 12.9. The second kappa shape index (κ2) is 7.61. The molecule has 6 nitrogen and oxygen atoms in total. The van der Waals surface area contributed by atoms with Gasteiger partial charge in [0.2, 0.25) is 0 Å². The van der Waals surface area contributed by atoms with E-state index in [0.717, 1.165) is 14.8 Å². The smallest absolute Gasteiger partial charge is 0.281 e. The fourth-order valence-corrected chi connectivity index (χ4v) is 4.02. The molecule has 0 amide bonds. The topological polar surface area (TPSA) is 80.9 Å². The fraction of sp³-hybridized carbons (Fsp3) is 0.150. The highest BCUT2D eigenvalue weighted by Crippen LogP contribution is 2.24. The number of furan rings is 1. The van der Waals surface area contributed by atoms with Gasteiger partial charge in [0.15, 0.2) is 0 Å². The van der Waals surface area contributed by atoms with Crippen LogP contribution in [0.5, 0.6) is 0 Å². The van der Waals surface area contributed by atoms with Crippen LogP contribution in [0.15, 0.2) is 58.3 Å². The number of carbonyl (C=O) groups excluding carboxylic acids is 1. The third kappa shape index (κ3) is 3.72. The van der Waals surface area contributed by atoms with E-state index in [-0.39, 0.29) is 11.5 Å². The van der Waals surface area contributed by atoms with Crippen LogP contribution in [0.3, 0.4) is 0 Å². The predicted molar refractivity (Wildman–Crippen MR) is 108 cm³/mol. The molecule has 0 aromatic carbocycles. The highest BCUT2D eigenvalue weighted by Gasteiger charge is 2.19. The molecule has 0 saturated carbocycles. The van der Waals surface area contributed by atoms with Crippen LogP contribution in [0.1, 0.15) is 26.5 Å². The number of rotatable bonds is 5. The van der Waals surface area contributed by atoms with Crippen molar-refractivity contribution in [2.24, 2.45) is 0 Å². The molecule has 4 aromatic heterocycles. The minimum atomic E-state index is -0.303. The van der Waals surface area contributed by atoms with Gasteiger partial charge >= 0.3 is 0 Å². The zero-order chi connectivity index (χ0) is 19.7. The quantitative estimate of drug-likeness (QED) is 0.528. The fourth-order valence-electron chi connectivity index (χ4n) is 2.93. The lowest BCUT2D eigenvalue weighted by Gasteiger charge is -2.04. The molecule has 8 heteroatoms. The van der Waals surface area contributed by atoms with Gasteiger partial charge in [0.05, 0.1) is 27.4 Å². The molecule has 0 radical (unpaired) electrons. The first-order valence-electron chi connectivity index (χ1n) is 8.61. The monoisotopic (exact) mass is 413 g/mol. The van der Waals surface area contributed by atoms with E-state index in [4.69, 9.17) is 16.0 Å². The minimum Gasteiger partial charge on any atom is -0.472 e. The first-order chi connectivity index (χ1) is 13.5. The Hall–Kier alpha value is -2.90. The average molecular weight is 414 g/mol. The van der Waals surface area contributed by atoms with Crippen molar-refractivity contribution in [1.29, 1.82) is 0 Å². The number of pyridine rings is 1. The molecule has 0 unspecified atom stereocenters. The summed E-state index contributed by atoms with van der Waals surface area (Å²) >= 11 is 7.51. The summed E-state index contributed by atoms with van der Waals surface area (Å²) in [7, 11) is 0. The van der Waals surface area contributed by atoms with Crippen LogP contribution < -0.4 is 5.56 Å². The van der Waals surface area contributed by atoms with Gasteiger partial charge in [-0.15, -0.1) is 11.3 Å². The molecule has 0 saturated heterocycles. The van der Waals surface area contributed by atoms with E-state index in [1.807, 2.05) is 19.1 Å². The molecular weight excluding hydrogens is 398 g/mol. The van der Waals surface area contributed by atoms with Crippen LogP contribution in [0.2, 0.25) is 4.34 Å². The molecule has 0 fully saturated rings. The average Bonchev–Trinajstić information content (AvgIpc) is 3.42. The Bertz CT molecular complexity index is 1190. The van der Waals surface area contributed by atoms with Gasteiger partial charge in [-0.05, 0) is 55.7 Å².